The number of ether oxygens (including phenoxy) is 1. The first-order valence-corrected chi connectivity index (χ1v) is 4.22. The number of methoxy groups -OCH3 is 1. The average Bonchev–Trinajstić information content (AvgIpc) is 2.12. The molecule has 0 spiro atoms. The first-order chi connectivity index (χ1) is 6.07. The third kappa shape index (κ3) is 2.08. The van der Waals surface area contributed by atoms with E-state index in [4.69, 9.17) is 27.9 Å². The molecule has 0 aromatic carbocycles. The first kappa shape index (κ1) is 10.7. The van der Waals surface area contributed by atoms with E-state index >= 15 is 0 Å². The van der Waals surface area contributed by atoms with Crippen molar-refractivity contribution in [2.45, 2.75) is 13.2 Å². The lowest BCUT2D eigenvalue weighted by molar-refractivity contribution is -0.0775. The van der Waals surface area contributed by atoms with E-state index in [1.165, 1.54) is 7.11 Å². The van der Waals surface area contributed by atoms with Crippen LogP contribution in [0.1, 0.15) is 17.4 Å². The molecular formula is C7H8Cl2N2O2. The maximum Gasteiger partial charge on any atom is 0.184 e. The van der Waals surface area contributed by atoms with Crippen molar-refractivity contribution in [3.8, 4) is 0 Å². The van der Waals surface area contributed by atoms with Gasteiger partial charge in [-0.15, -0.1) is 10.2 Å². The second kappa shape index (κ2) is 4.19. The van der Waals surface area contributed by atoms with E-state index in [9.17, 15) is 5.11 Å². The molecule has 0 fully saturated rings. The molecule has 0 saturated heterocycles. The summed E-state index contributed by atoms with van der Waals surface area (Å²) in [7, 11) is 1.36. The highest BCUT2D eigenvalue weighted by Crippen LogP contribution is 2.27. The van der Waals surface area contributed by atoms with Gasteiger partial charge in [-0.25, -0.2) is 0 Å². The molecule has 4 nitrogen and oxygen atoms in total. The summed E-state index contributed by atoms with van der Waals surface area (Å²) in [6.45, 7) is 1.68. The van der Waals surface area contributed by atoms with Gasteiger partial charge in [0.25, 0.3) is 0 Å². The molecule has 1 heterocycles. The molecule has 0 aliphatic heterocycles. The van der Waals surface area contributed by atoms with Crippen LogP contribution in [0.5, 0.6) is 0 Å². The highest BCUT2D eigenvalue weighted by Gasteiger charge is 2.17. The normalized spacial score (nSPS) is 13.0. The summed E-state index contributed by atoms with van der Waals surface area (Å²) in [6.07, 6.45) is -1.12. The quantitative estimate of drug-likeness (QED) is 0.775. The number of aromatic nitrogens is 2. The van der Waals surface area contributed by atoms with Crippen LogP contribution >= 0.6 is 23.2 Å². The van der Waals surface area contributed by atoms with E-state index < -0.39 is 6.29 Å². The van der Waals surface area contributed by atoms with Crippen LogP contribution in [-0.2, 0) is 4.74 Å². The molecular weight excluding hydrogens is 215 g/mol. The van der Waals surface area contributed by atoms with Gasteiger partial charge in [-0.05, 0) is 12.5 Å². The van der Waals surface area contributed by atoms with Gasteiger partial charge in [0.05, 0.1) is 5.56 Å². The number of nitrogens with zero attached hydrogens (tertiary/aromatic N) is 2. The number of halogens is 2. The SMILES string of the molecule is COC(O)c1c(Cl)nnc(Cl)c1C. The first-order valence-electron chi connectivity index (χ1n) is 3.47. The Morgan fingerprint density at radius 2 is 1.85 bits per heavy atom. The summed E-state index contributed by atoms with van der Waals surface area (Å²) in [6, 6.07) is 0. The van der Waals surface area contributed by atoms with Gasteiger partial charge in [-0.3, -0.25) is 0 Å². The van der Waals surface area contributed by atoms with Crippen molar-refractivity contribution < 1.29 is 9.84 Å². The van der Waals surface area contributed by atoms with E-state index in [-0.39, 0.29) is 10.3 Å². The van der Waals surface area contributed by atoms with Crippen molar-refractivity contribution in [2.75, 3.05) is 7.11 Å². The highest BCUT2D eigenvalue weighted by atomic mass is 35.5. The standard InChI is InChI=1S/C7H8Cl2N2O2/c1-3-4(7(12)13-2)6(9)11-10-5(3)8/h7,12H,1-2H3. The summed E-state index contributed by atoms with van der Waals surface area (Å²) < 4.78 is 4.70. The molecule has 13 heavy (non-hydrogen) atoms. The fourth-order valence-electron chi connectivity index (χ4n) is 0.887. The Morgan fingerprint density at radius 1 is 1.31 bits per heavy atom. The van der Waals surface area contributed by atoms with Gasteiger partial charge < -0.3 is 9.84 Å². The molecule has 1 N–H and O–H groups in total. The van der Waals surface area contributed by atoms with Gasteiger partial charge in [-0.1, -0.05) is 23.2 Å². The van der Waals surface area contributed by atoms with Crippen LogP contribution in [0.3, 0.4) is 0 Å². The molecule has 1 aromatic heterocycles. The summed E-state index contributed by atoms with van der Waals surface area (Å²) >= 11 is 11.4. The molecule has 1 atom stereocenters. The minimum absolute atomic E-state index is 0.0938. The molecule has 0 saturated carbocycles. The second-order valence-corrected chi connectivity index (χ2v) is 3.12. The van der Waals surface area contributed by atoms with Crippen molar-refractivity contribution in [2.24, 2.45) is 0 Å². The van der Waals surface area contributed by atoms with E-state index in [0.29, 0.717) is 11.1 Å². The summed E-state index contributed by atoms with van der Waals surface area (Å²) in [5.41, 5.74) is 0.917. The number of aliphatic hydroxyl groups excluding tert-OH is 1. The molecule has 0 aliphatic rings. The molecule has 0 bridgehead atoms. The van der Waals surface area contributed by atoms with Gasteiger partial charge >= 0.3 is 0 Å². The lowest BCUT2D eigenvalue weighted by Crippen LogP contribution is -2.06. The predicted octanol–water partition coefficient (Wildman–Crippen LogP) is 1.73. The zero-order valence-electron chi connectivity index (χ0n) is 7.08. The third-order valence-electron chi connectivity index (χ3n) is 1.63. The Balaban J connectivity index is 3.25. The van der Waals surface area contributed by atoms with Crippen molar-refractivity contribution in [3.63, 3.8) is 0 Å². The second-order valence-electron chi connectivity index (χ2n) is 2.41. The monoisotopic (exact) mass is 222 g/mol. The molecule has 72 valence electrons. The van der Waals surface area contributed by atoms with Crippen LogP contribution in [-0.4, -0.2) is 22.4 Å². The van der Waals surface area contributed by atoms with Crippen LogP contribution in [0, 0.1) is 6.92 Å². The summed E-state index contributed by atoms with van der Waals surface area (Å²) in [5.74, 6) is 0. The Bertz CT molecular complexity index is 320. The average molecular weight is 223 g/mol. The van der Waals surface area contributed by atoms with Crippen LogP contribution in [0.25, 0.3) is 0 Å². The number of hydrogen-bond acceptors (Lipinski definition) is 4. The van der Waals surface area contributed by atoms with Gasteiger partial charge in [0.15, 0.2) is 16.6 Å². The highest BCUT2D eigenvalue weighted by molar-refractivity contribution is 6.32. The van der Waals surface area contributed by atoms with Crippen molar-refractivity contribution in [3.05, 3.63) is 21.4 Å². The van der Waals surface area contributed by atoms with Gasteiger partial charge in [0, 0.05) is 7.11 Å². The Morgan fingerprint density at radius 3 is 2.38 bits per heavy atom. The van der Waals surface area contributed by atoms with Crippen LogP contribution in [0.15, 0.2) is 0 Å². The largest absolute Gasteiger partial charge is 0.364 e. The van der Waals surface area contributed by atoms with Crippen LogP contribution in [0.4, 0.5) is 0 Å². The number of aliphatic hydroxyl groups is 1. The zero-order valence-corrected chi connectivity index (χ0v) is 8.60. The molecule has 6 heteroatoms. The minimum atomic E-state index is -1.12. The van der Waals surface area contributed by atoms with Crippen LogP contribution < -0.4 is 0 Å². The van der Waals surface area contributed by atoms with Gasteiger partial charge in [0.2, 0.25) is 0 Å². The molecule has 0 radical (unpaired) electrons. The number of hydrogen-bond donors (Lipinski definition) is 1. The van der Waals surface area contributed by atoms with E-state index in [1.54, 1.807) is 6.92 Å². The van der Waals surface area contributed by atoms with Crippen molar-refractivity contribution >= 4 is 23.2 Å². The van der Waals surface area contributed by atoms with E-state index in [0.717, 1.165) is 0 Å². The lowest BCUT2D eigenvalue weighted by atomic mass is 10.2. The predicted molar refractivity (Wildman–Crippen MR) is 48.8 cm³/mol. The fraction of sp³-hybridized carbons (Fsp3) is 0.429. The molecule has 0 amide bonds. The maximum absolute atomic E-state index is 9.38. The van der Waals surface area contributed by atoms with E-state index in [1.807, 2.05) is 0 Å². The molecule has 0 aliphatic carbocycles. The summed E-state index contributed by atoms with van der Waals surface area (Å²) in [5, 5.41) is 16.8. The third-order valence-corrected chi connectivity index (χ3v) is 2.27. The van der Waals surface area contributed by atoms with Gasteiger partial charge in [-0.2, -0.15) is 0 Å². The van der Waals surface area contributed by atoms with E-state index in [2.05, 4.69) is 10.2 Å². The smallest absolute Gasteiger partial charge is 0.184 e. The zero-order chi connectivity index (χ0) is 10.0. The Hall–Kier alpha value is -0.420. The molecule has 1 unspecified atom stereocenters. The van der Waals surface area contributed by atoms with Crippen molar-refractivity contribution in [1.29, 1.82) is 0 Å². The lowest BCUT2D eigenvalue weighted by Gasteiger charge is -2.12. The minimum Gasteiger partial charge on any atom is -0.364 e. The van der Waals surface area contributed by atoms with Crippen LogP contribution in [0.2, 0.25) is 10.3 Å². The molecule has 1 rings (SSSR count). The Labute approximate surface area is 85.4 Å². The molecule has 1 aromatic rings. The number of rotatable bonds is 2. The Kier molecular flexibility index (Phi) is 3.44. The van der Waals surface area contributed by atoms with Crippen molar-refractivity contribution in [1.82, 2.24) is 10.2 Å². The van der Waals surface area contributed by atoms with Gasteiger partial charge in [0.1, 0.15) is 0 Å². The fourth-order valence-corrected chi connectivity index (χ4v) is 1.30. The topological polar surface area (TPSA) is 55.2 Å². The summed E-state index contributed by atoms with van der Waals surface area (Å²) in [4.78, 5) is 0. The maximum atomic E-state index is 9.38.